The van der Waals surface area contributed by atoms with E-state index in [1.54, 1.807) is 18.7 Å². The van der Waals surface area contributed by atoms with Gasteiger partial charge >= 0.3 is 0 Å². The molecular formula is C6H11NOS. The Kier molecular flexibility index (Phi) is 2.54. The van der Waals surface area contributed by atoms with Crippen molar-refractivity contribution in [2.45, 2.75) is 19.4 Å². The fraction of sp³-hybridized carbons (Fsp3) is 0.833. The molecule has 0 aromatic rings. The third-order valence-electron chi connectivity index (χ3n) is 1.12. The summed E-state index contributed by atoms with van der Waals surface area (Å²) in [6.07, 6.45) is 0.513. The van der Waals surface area contributed by atoms with Crippen molar-refractivity contribution < 1.29 is 5.11 Å². The Morgan fingerprint density at radius 1 is 1.89 bits per heavy atom. The van der Waals surface area contributed by atoms with Crippen molar-refractivity contribution in [1.82, 2.24) is 0 Å². The van der Waals surface area contributed by atoms with Gasteiger partial charge in [0.2, 0.25) is 0 Å². The standard InChI is InChI=1S/C6H11NOS/c1-5(8)4-6-7-2-3-9-6/h5,8H,2-4H2,1H3/t5-/m1/s1. The molecule has 0 unspecified atom stereocenters. The number of nitrogens with zero attached hydrogens (tertiary/aromatic N) is 1. The molecule has 52 valence electrons. The van der Waals surface area contributed by atoms with Gasteiger partial charge in [0.25, 0.3) is 0 Å². The molecule has 0 amide bonds. The largest absolute Gasteiger partial charge is 0.393 e. The van der Waals surface area contributed by atoms with Crippen molar-refractivity contribution in [3.05, 3.63) is 0 Å². The average molecular weight is 145 g/mol. The predicted molar refractivity (Wildman–Crippen MR) is 41.1 cm³/mol. The van der Waals surface area contributed by atoms with Gasteiger partial charge < -0.3 is 5.11 Å². The highest BCUT2D eigenvalue weighted by molar-refractivity contribution is 8.14. The van der Waals surface area contributed by atoms with Crippen LogP contribution in [0, 0.1) is 0 Å². The molecule has 1 atom stereocenters. The van der Waals surface area contributed by atoms with Gasteiger partial charge in [-0.25, -0.2) is 0 Å². The van der Waals surface area contributed by atoms with Gasteiger partial charge in [-0.05, 0) is 6.92 Å². The molecule has 0 aromatic heterocycles. The fourth-order valence-electron chi connectivity index (χ4n) is 0.756. The number of hydrogen-bond acceptors (Lipinski definition) is 3. The van der Waals surface area contributed by atoms with E-state index >= 15 is 0 Å². The van der Waals surface area contributed by atoms with Gasteiger partial charge in [-0.2, -0.15) is 0 Å². The van der Waals surface area contributed by atoms with E-state index < -0.39 is 0 Å². The van der Waals surface area contributed by atoms with Crippen molar-refractivity contribution in [2.75, 3.05) is 12.3 Å². The van der Waals surface area contributed by atoms with Crippen LogP contribution in [0.4, 0.5) is 0 Å². The molecule has 1 rings (SSSR count). The first-order chi connectivity index (χ1) is 4.29. The normalized spacial score (nSPS) is 21.8. The summed E-state index contributed by atoms with van der Waals surface area (Å²) in [5.41, 5.74) is 0. The summed E-state index contributed by atoms with van der Waals surface area (Å²) in [6.45, 7) is 2.73. The van der Waals surface area contributed by atoms with Crippen LogP contribution in [0.2, 0.25) is 0 Å². The van der Waals surface area contributed by atoms with E-state index in [1.165, 1.54) is 0 Å². The summed E-state index contributed by atoms with van der Waals surface area (Å²) in [5, 5.41) is 10.0. The summed E-state index contributed by atoms with van der Waals surface area (Å²) < 4.78 is 0. The monoisotopic (exact) mass is 145 g/mol. The Labute approximate surface area is 59.4 Å². The molecule has 1 aliphatic heterocycles. The molecule has 0 radical (unpaired) electrons. The molecule has 0 aromatic carbocycles. The Hall–Kier alpha value is -0.0200. The highest BCUT2D eigenvalue weighted by Crippen LogP contribution is 2.15. The molecule has 1 N–H and O–H groups in total. The van der Waals surface area contributed by atoms with Crippen LogP contribution in [0.25, 0.3) is 0 Å². The van der Waals surface area contributed by atoms with E-state index in [9.17, 15) is 0 Å². The topological polar surface area (TPSA) is 32.6 Å². The number of aliphatic hydroxyl groups excluding tert-OH is 1. The van der Waals surface area contributed by atoms with Gasteiger partial charge in [0.15, 0.2) is 0 Å². The molecule has 0 fully saturated rings. The number of aliphatic imine (C=N–C) groups is 1. The Bertz CT molecular complexity index is 122. The zero-order valence-corrected chi connectivity index (χ0v) is 6.32. The van der Waals surface area contributed by atoms with Crippen LogP contribution >= 0.6 is 11.8 Å². The minimum Gasteiger partial charge on any atom is -0.393 e. The highest BCUT2D eigenvalue weighted by atomic mass is 32.2. The third-order valence-corrected chi connectivity index (χ3v) is 2.13. The lowest BCUT2D eigenvalue weighted by atomic mass is 10.3. The van der Waals surface area contributed by atoms with Gasteiger partial charge in [-0.15, -0.1) is 11.8 Å². The molecule has 3 heteroatoms. The van der Waals surface area contributed by atoms with Crippen molar-refractivity contribution in [3.8, 4) is 0 Å². The second kappa shape index (κ2) is 3.22. The third kappa shape index (κ3) is 2.37. The molecule has 0 spiro atoms. The van der Waals surface area contributed by atoms with Crippen molar-refractivity contribution in [2.24, 2.45) is 4.99 Å². The summed E-state index contributed by atoms with van der Waals surface area (Å²) in [6, 6.07) is 0. The van der Waals surface area contributed by atoms with Crippen LogP contribution in [0.3, 0.4) is 0 Å². The Morgan fingerprint density at radius 2 is 2.67 bits per heavy atom. The second-order valence-electron chi connectivity index (χ2n) is 2.18. The molecule has 9 heavy (non-hydrogen) atoms. The van der Waals surface area contributed by atoms with Crippen LogP contribution in [-0.2, 0) is 0 Å². The Morgan fingerprint density at radius 3 is 3.11 bits per heavy atom. The maximum absolute atomic E-state index is 8.92. The van der Waals surface area contributed by atoms with Gasteiger partial charge in [-0.1, -0.05) is 0 Å². The zero-order valence-electron chi connectivity index (χ0n) is 5.50. The van der Waals surface area contributed by atoms with Gasteiger partial charge in [0.1, 0.15) is 0 Å². The quantitative estimate of drug-likeness (QED) is 0.626. The van der Waals surface area contributed by atoms with E-state index in [2.05, 4.69) is 4.99 Å². The molecule has 0 saturated carbocycles. The summed E-state index contributed by atoms with van der Waals surface area (Å²) in [4.78, 5) is 4.20. The fourth-order valence-corrected chi connectivity index (χ4v) is 1.72. The number of aliphatic hydroxyl groups is 1. The van der Waals surface area contributed by atoms with Crippen LogP contribution in [0.15, 0.2) is 4.99 Å². The van der Waals surface area contributed by atoms with Crippen LogP contribution < -0.4 is 0 Å². The first kappa shape index (κ1) is 7.09. The molecule has 0 aliphatic carbocycles. The lowest BCUT2D eigenvalue weighted by molar-refractivity contribution is 0.204. The molecule has 1 aliphatic rings. The number of thioether (sulfide) groups is 1. The lowest BCUT2D eigenvalue weighted by Gasteiger charge is -2.00. The van der Waals surface area contributed by atoms with E-state index in [4.69, 9.17) is 5.11 Å². The van der Waals surface area contributed by atoms with E-state index in [1.807, 2.05) is 0 Å². The van der Waals surface area contributed by atoms with E-state index in [0.29, 0.717) is 0 Å². The van der Waals surface area contributed by atoms with Crippen molar-refractivity contribution >= 4 is 16.8 Å². The number of hydrogen-bond donors (Lipinski definition) is 1. The first-order valence-electron chi connectivity index (χ1n) is 3.13. The summed E-state index contributed by atoms with van der Waals surface area (Å²) in [5.74, 6) is 1.10. The zero-order chi connectivity index (χ0) is 6.69. The minimum atomic E-state index is -0.227. The maximum atomic E-state index is 8.92. The highest BCUT2D eigenvalue weighted by Gasteiger charge is 2.08. The minimum absolute atomic E-state index is 0.227. The van der Waals surface area contributed by atoms with Crippen LogP contribution in [-0.4, -0.2) is 28.6 Å². The summed E-state index contributed by atoms with van der Waals surface area (Å²) in [7, 11) is 0. The molecule has 0 saturated heterocycles. The molecule has 1 heterocycles. The Balaban J connectivity index is 2.26. The van der Waals surface area contributed by atoms with E-state index in [-0.39, 0.29) is 6.10 Å². The number of rotatable bonds is 2. The SMILES string of the molecule is C[C@@H](O)CC1=NCCS1. The second-order valence-corrected chi connectivity index (χ2v) is 3.35. The van der Waals surface area contributed by atoms with Gasteiger partial charge in [-0.3, -0.25) is 4.99 Å². The molecule has 2 nitrogen and oxygen atoms in total. The average Bonchev–Trinajstić information content (AvgIpc) is 2.15. The predicted octanol–water partition coefficient (Wildman–Crippen LogP) is 0.903. The van der Waals surface area contributed by atoms with Gasteiger partial charge in [0, 0.05) is 18.7 Å². The van der Waals surface area contributed by atoms with Gasteiger partial charge in [0.05, 0.1) is 11.1 Å². The lowest BCUT2D eigenvalue weighted by Crippen LogP contribution is -2.04. The first-order valence-corrected chi connectivity index (χ1v) is 4.12. The van der Waals surface area contributed by atoms with E-state index in [0.717, 1.165) is 23.8 Å². The van der Waals surface area contributed by atoms with Crippen molar-refractivity contribution in [1.29, 1.82) is 0 Å². The van der Waals surface area contributed by atoms with Crippen LogP contribution in [0.1, 0.15) is 13.3 Å². The van der Waals surface area contributed by atoms with Crippen molar-refractivity contribution in [3.63, 3.8) is 0 Å². The summed E-state index contributed by atoms with van der Waals surface area (Å²) >= 11 is 1.76. The smallest absolute Gasteiger partial charge is 0.0702 e. The molecular weight excluding hydrogens is 134 g/mol. The molecule has 0 bridgehead atoms. The maximum Gasteiger partial charge on any atom is 0.0702 e. The van der Waals surface area contributed by atoms with Crippen LogP contribution in [0.5, 0.6) is 0 Å².